The lowest BCUT2D eigenvalue weighted by atomic mass is 9.51. The second kappa shape index (κ2) is 8.66. The molecule has 0 aromatic carbocycles. The molecule has 1 aromatic rings. The van der Waals surface area contributed by atoms with E-state index >= 15 is 0 Å². The Hall–Kier alpha value is -0.900. The van der Waals surface area contributed by atoms with Gasteiger partial charge >= 0.3 is 0 Å². The number of halogens is 1. The number of aryl methyl sites for hydroxylation is 1. The first-order valence-corrected chi connectivity index (χ1v) is 9.07. The van der Waals surface area contributed by atoms with Crippen LogP contribution in [0, 0.1) is 5.41 Å². The molecular formula is C17H31IN6O. The zero-order chi connectivity index (χ0) is 17.2. The van der Waals surface area contributed by atoms with E-state index in [-0.39, 0.29) is 24.0 Å². The summed E-state index contributed by atoms with van der Waals surface area (Å²) in [6, 6.07) is 0.468. The summed E-state index contributed by atoms with van der Waals surface area (Å²) in [5.41, 5.74) is 0.330. The maximum atomic E-state index is 5.95. The third-order valence-electron chi connectivity index (χ3n) is 5.59. The zero-order valence-electron chi connectivity index (χ0n) is 15.7. The highest BCUT2D eigenvalue weighted by molar-refractivity contribution is 14.0. The fourth-order valence-corrected chi connectivity index (χ4v) is 3.97. The molecule has 2 fully saturated rings. The molecule has 1 N–H and O–H groups in total. The van der Waals surface area contributed by atoms with Crippen molar-refractivity contribution in [3.8, 4) is 0 Å². The fraction of sp³-hybridized carbons (Fsp3) is 0.824. The smallest absolute Gasteiger partial charge is 0.194 e. The molecule has 7 nitrogen and oxygen atoms in total. The lowest BCUT2D eigenvalue weighted by Gasteiger charge is -2.61. The van der Waals surface area contributed by atoms with Crippen LogP contribution in [0.15, 0.2) is 11.3 Å². The highest BCUT2D eigenvalue weighted by Crippen LogP contribution is 2.57. The molecule has 0 bridgehead atoms. The van der Waals surface area contributed by atoms with Crippen molar-refractivity contribution >= 4 is 29.9 Å². The molecule has 0 radical (unpaired) electrons. The fourth-order valence-electron chi connectivity index (χ4n) is 3.97. The van der Waals surface area contributed by atoms with Gasteiger partial charge in [-0.05, 0) is 33.1 Å². The van der Waals surface area contributed by atoms with E-state index in [4.69, 9.17) is 4.74 Å². The van der Waals surface area contributed by atoms with Gasteiger partial charge in [-0.25, -0.2) is 4.98 Å². The highest BCUT2D eigenvalue weighted by atomic mass is 127. The Balaban J connectivity index is 0.00000225. The van der Waals surface area contributed by atoms with Crippen molar-refractivity contribution in [2.45, 2.75) is 58.2 Å². The Labute approximate surface area is 167 Å². The number of hydrogen-bond donors (Lipinski definition) is 1. The second-order valence-electron chi connectivity index (χ2n) is 6.92. The summed E-state index contributed by atoms with van der Waals surface area (Å²) in [5, 5.41) is 7.85. The molecule has 2 unspecified atom stereocenters. The van der Waals surface area contributed by atoms with Gasteiger partial charge in [0, 0.05) is 38.7 Å². The summed E-state index contributed by atoms with van der Waals surface area (Å²) in [5.74, 6) is 1.88. The maximum absolute atomic E-state index is 5.95. The summed E-state index contributed by atoms with van der Waals surface area (Å²) >= 11 is 0. The topological polar surface area (TPSA) is 67.6 Å². The Morgan fingerprint density at radius 2 is 2.24 bits per heavy atom. The molecular weight excluding hydrogens is 431 g/mol. The van der Waals surface area contributed by atoms with Gasteiger partial charge in [-0.2, -0.15) is 5.10 Å². The molecule has 2 aliphatic rings. The number of ether oxygens (including phenoxy) is 1. The molecule has 0 amide bonds. The van der Waals surface area contributed by atoms with Crippen molar-refractivity contribution in [2.75, 3.05) is 20.2 Å². The van der Waals surface area contributed by atoms with Gasteiger partial charge < -0.3 is 15.0 Å². The number of nitrogens with zero attached hydrogens (tertiary/aromatic N) is 5. The lowest BCUT2D eigenvalue weighted by Crippen LogP contribution is -2.68. The van der Waals surface area contributed by atoms with E-state index in [0.717, 1.165) is 31.4 Å². The number of hydrogen-bond acceptors (Lipinski definition) is 4. The summed E-state index contributed by atoms with van der Waals surface area (Å²) in [6.45, 7) is 6.42. The number of guanidine groups is 1. The van der Waals surface area contributed by atoms with E-state index in [0.29, 0.717) is 24.1 Å². The number of aliphatic imine (C=N–C) groups is 1. The van der Waals surface area contributed by atoms with Crippen LogP contribution in [-0.2, 0) is 18.3 Å². The first-order valence-electron chi connectivity index (χ1n) is 9.07. The molecule has 142 valence electrons. The number of rotatable bonds is 6. The van der Waals surface area contributed by atoms with Gasteiger partial charge in [-0.1, -0.05) is 6.42 Å². The Morgan fingerprint density at radius 1 is 1.48 bits per heavy atom. The minimum atomic E-state index is 0. The predicted octanol–water partition coefficient (Wildman–Crippen LogP) is 2.18. The molecule has 1 spiro atoms. The van der Waals surface area contributed by atoms with Crippen molar-refractivity contribution in [1.82, 2.24) is 25.0 Å². The van der Waals surface area contributed by atoms with Crippen molar-refractivity contribution in [1.29, 1.82) is 0 Å². The van der Waals surface area contributed by atoms with E-state index < -0.39 is 0 Å². The zero-order valence-corrected chi connectivity index (χ0v) is 18.1. The molecule has 3 rings (SSSR count). The van der Waals surface area contributed by atoms with Crippen LogP contribution in [-0.4, -0.2) is 58.0 Å². The predicted molar refractivity (Wildman–Crippen MR) is 109 cm³/mol. The van der Waals surface area contributed by atoms with E-state index in [9.17, 15) is 0 Å². The van der Waals surface area contributed by atoms with Crippen molar-refractivity contribution in [3.05, 3.63) is 12.2 Å². The molecule has 25 heavy (non-hydrogen) atoms. The molecule has 2 saturated carbocycles. The van der Waals surface area contributed by atoms with Crippen LogP contribution in [0.3, 0.4) is 0 Å². The van der Waals surface area contributed by atoms with Crippen molar-refractivity contribution in [3.63, 3.8) is 0 Å². The minimum Gasteiger partial charge on any atom is -0.378 e. The first kappa shape index (κ1) is 20.4. The van der Waals surface area contributed by atoms with Gasteiger partial charge in [0.15, 0.2) is 5.96 Å². The van der Waals surface area contributed by atoms with Gasteiger partial charge in [-0.3, -0.25) is 9.67 Å². The van der Waals surface area contributed by atoms with Gasteiger partial charge in [0.2, 0.25) is 0 Å². The average Bonchev–Trinajstić information content (AvgIpc) is 2.88. The number of aromatic nitrogens is 3. The standard InChI is InChI=1S/C17H30N6O.HI/c1-5-18-16(22(3)11-15-19-12-20-23(15)4)21-13-10-14(24-6-2)17(13)8-7-9-17;/h12-14H,5-11H2,1-4H3,(H,18,21);1H. The van der Waals surface area contributed by atoms with Crippen LogP contribution >= 0.6 is 24.0 Å². The summed E-state index contributed by atoms with van der Waals surface area (Å²) in [6.07, 6.45) is 6.93. The first-order chi connectivity index (χ1) is 11.6. The normalized spacial score (nSPS) is 24.2. The summed E-state index contributed by atoms with van der Waals surface area (Å²) < 4.78 is 7.76. The molecule has 2 atom stereocenters. The van der Waals surface area contributed by atoms with Crippen molar-refractivity contribution < 1.29 is 4.74 Å². The lowest BCUT2D eigenvalue weighted by molar-refractivity contribution is -0.168. The maximum Gasteiger partial charge on any atom is 0.194 e. The minimum absolute atomic E-state index is 0. The van der Waals surface area contributed by atoms with Crippen LogP contribution in [0.25, 0.3) is 0 Å². The largest absolute Gasteiger partial charge is 0.378 e. The van der Waals surface area contributed by atoms with Crippen LogP contribution in [0.4, 0.5) is 0 Å². The van der Waals surface area contributed by atoms with Crippen LogP contribution < -0.4 is 5.32 Å². The molecule has 0 saturated heterocycles. The third-order valence-corrected chi connectivity index (χ3v) is 5.59. The SMILES string of the molecule is CCN=C(NC1CC(OCC)C12CCC2)N(C)Cc1ncnn1C.I. The molecule has 1 heterocycles. The quantitative estimate of drug-likeness (QED) is 0.399. The molecule has 8 heteroatoms. The third kappa shape index (κ3) is 3.94. The van der Waals surface area contributed by atoms with E-state index in [1.54, 1.807) is 6.33 Å². The van der Waals surface area contributed by atoms with E-state index in [1.165, 1.54) is 19.3 Å². The molecule has 0 aliphatic heterocycles. The number of nitrogens with one attached hydrogen (secondary N) is 1. The Morgan fingerprint density at radius 3 is 2.76 bits per heavy atom. The van der Waals surface area contributed by atoms with Gasteiger partial charge in [0.25, 0.3) is 0 Å². The monoisotopic (exact) mass is 462 g/mol. The average molecular weight is 462 g/mol. The van der Waals surface area contributed by atoms with E-state index in [2.05, 4.69) is 46.2 Å². The highest BCUT2D eigenvalue weighted by Gasteiger charge is 2.59. The van der Waals surface area contributed by atoms with Gasteiger partial charge in [-0.15, -0.1) is 24.0 Å². The van der Waals surface area contributed by atoms with Crippen molar-refractivity contribution in [2.24, 2.45) is 17.5 Å². The summed E-state index contributed by atoms with van der Waals surface area (Å²) in [4.78, 5) is 11.1. The molecule has 1 aromatic heterocycles. The second-order valence-corrected chi connectivity index (χ2v) is 6.92. The molecule has 2 aliphatic carbocycles. The van der Waals surface area contributed by atoms with Gasteiger partial charge in [0.05, 0.1) is 12.6 Å². The van der Waals surface area contributed by atoms with Gasteiger partial charge in [0.1, 0.15) is 12.2 Å². The van der Waals surface area contributed by atoms with Crippen LogP contribution in [0.1, 0.15) is 45.4 Å². The summed E-state index contributed by atoms with van der Waals surface area (Å²) in [7, 11) is 3.98. The Bertz CT molecular complexity index is 585. The van der Waals surface area contributed by atoms with E-state index in [1.807, 2.05) is 11.7 Å². The van der Waals surface area contributed by atoms with Crippen LogP contribution in [0.5, 0.6) is 0 Å². The van der Waals surface area contributed by atoms with Crippen LogP contribution in [0.2, 0.25) is 0 Å². The Kier molecular flexibility index (Phi) is 7.07.